The van der Waals surface area contributed by atoms with Gasteiger partial charge in [0.2, 0.25) is 0 Å². The maximum absolute atomic E-state index is 11.3. The first kappa shape index (κ1) is 9.75. The SMILES string of the molecule is N#CCNC(=O)c1cccc(Br)c1. The molecule has 0 fully saturated rings. The standard InChI is InChI=1S/C9H7BrN2O/c10-8-3-1-2-7(6-8)9(13)12-5-4-11/h1-3,6H,5H2,(H,12,13). The molecular formula is C9H7BrN2O. The van der Waals surface area contributed by atoms with E-state index in [1.807, 2.05) is 12.1 Å². The maximum atomic E-state index is 11.3. The molecule has 0 unspecified atom stereocenters. The van der Waals surface area contributed by atoms with Gasteiger partial charge < -0.3 is 5.32 Å². The first-order valence-corrected chi connectivity index (χ1v) is 4.44. The van der Waals surface area contributed by atoms with Crippen molar-refractivity contribution >= 4 is 21.8 Å². The first-order valence-electron chi connectivity index (χ1n) is 3.65. The number of carbonyl (C=O) groups excluding carboxylic acids is 1. The average Bonchev–Trinajstić information content (AvgIpc) is 2.14. The molecular weight excluding hydrogens is 232 g/mol. The van der Waals surface area contributed by atoms with Crippen LogP contribution in [0, 0.1) is 11.3 Å². The average molecular weight is 239 g/mol. The van der Waals surface area contributed by atoms with Crippen LogP contribution < -0.4 is 5.32 Å². The van der Waals surface area contributed by atoms with E-state index in [1.54, 1.807) is 18.2 Å². The molecule has 0 aliphatic heterocycles. The summed E-state index contributed by atoms with van der Waals surface area (Å²) in [6, 6.07) is 8.84. The van der Waals surface area contributed by atoms with E-state index in [1.165, 1.54) is 0 Å². The molecule has 0 aromatic heterocycles. The smallest absolute Gasteiger partial charge is 0.252 e. The molecule has 0 spiro atoms. The highest BCUT2D eigenvalue weighted by Crippen LogP contribution is 2.11. The molecule has 1 amide bonds. The lowest BCUT2D eigenvalue weighted by molar-refractivity contribution is 0.0958. The lowest BCUT2D eigenvalue weighted by Crippen LogP contribution is -2.23. The molecule has 1 rings (SSSR count). The second-order valence-corrected chi connectivity index (χ2v) is 3.27. The van der Waals surface area contributed by atoms with Gasteiger partial charge in [0.15, 0.2) is 0 Å². The van der Waals surface area contributed by atoms with Gasteiger partial charge >= 0.3 is 0 Å². The van der Waals surface area contributed by atoms with Crippen molar-refractivity contribution in [2.24, 2.45) is 0 Å². The highest BCUT2D eigenvalue weighted by atomic mass is 79.9. The fourth-order valence-corrected chi connectivity index (χ4v) is 1.25. The maximum Gasteiger partial charge on any atom is 0.252 e. The Morgan fingerprint density at radius 2 is 2.38 bits per heavy atom. The van der Waals surface area contributed by atoms with Crippen LogP contribution in [0.1, 0.15) is 10.4 Å². The third kappa shape index (κ3) is 2.88. The van der Waals surface area contributed by atoms with Gasteiger partial charge in [0.1, 0.15) is 6.54 Å². The van der Waals surface area contributed by atoms with E-state index in [9.17, 15) is 4.79 Å². The third-order valence-corrected chi connectivity index (χ3v) is 1.91. The summed E-state index contributed by atoms with van der Waals surface area (Å²) >= 11 is 3.25. The fourth-order valence-electron chi connectivity index (χ4n) is 0.852. The Morgan fingerprint density at radius 1 is 1.62 bits per heavy atom. The molecule has 13 heavy (non-hydrogen) atoms. The number of rotatable bonds is 2. The number of amides is 1. The lowest BCUT2D eigenvalue weighted by Gasteiger charge is -2.00. The molecule has 0 saturated carbocycles. The van der Waals surface area contributed by atoms with Crippen LogP contribution in [-0.2, 0) is 0 Å². The number of nitrogens with zero attached hydrogens (tertiary/aromatic N) is 1. The second kappa shape index (κ2) is 4.63. The number of nitriles is 1. The van der Waals surface area contributed by atoms with Crippen LogP contribution in [0.4, 0.5) is 0 Å². The predicted octanol–water partition coefficient (Wildman–Crippen LogP) is 1.70. The van der Waals surface area contributed by atoms with Gasteiger partial charge in [0.05, 0.1) is 6.07 Å². The molecule has 4 heteroatoms. The number of carbonyl (C=O) groups is 1. The van der Waals surface area contributed by atoms with Crippen molar-refractivity contribution in [3.63, 3.8) is 0 Å². The number of nitrogens with one attached hydrogen (secondary N) is 1. The zero-order valence-corrected chi connectivity index (χ0v) is 8.34. The topological polar surface area (TPSA) is 52.9 Å². The van der Waals surface area contributed by atoms with Crippen molar-refractivity contribution < 1.29 is 4.79 Å². The molecule has 3 nitrogen and oxygen atoms in total. The Bertz CT molecular complexity index is 357. The Balaban J connectivity index is 2.72. The summed E-state index contributed by atoms with van der Waals surface area (Å²) in [5.74, 6) is -0.233. The van der Waals surface area contributed by atoms with Gasteiger partial charge in [0, 0.05) is 10.0 Å². The summed E-state index contributed by atoms with van der Waals surface area (Å²) in [5, 5.41) is 10.7. The third-order valence-electron chi connectivity index (χ3n) is 1.41. The molecule has 0 radical (unpaired) electrons. The first-order chi connectivity index (χ1) is 6.24. The van der Waals surface area contributed by atoms with Gasteiger partial charge in [-0.1, -0.05) is 22.0 Å². The lowest BCUT2D eigenvalue weighted by atomic mass is 10.2. The van der Waals surface area contributed by atoms with Crippen LogP contribution in [-0.4, -0.2) is 12.5 Å². The highest BCUT2D eigenvalue weighted by molar-refractivity contribution is 9.10. The van der Waals surface area contributed by atoms with Gasteiger partial charge in [0.25, 0.3) is 5.91 Å². The van der Waals surface area contributed by atoms with Crippen molar-refractivity contribution in [2.75, 3.05) is 6.54 Å². The van der Waals surface area contributed by atoms with E-state index in [-0.39, 0.29) is 12.5 Å². The van der Waals surface area contributed by atoms with Crippen LogP contribution in [0.15, 0.2) is 28.7 Å². The van der Waals surface area contributed by atoms with E-state index in [0.29, 0.717) is 5.56 Å². The molecule has 0 saturated heterocycles. The van der Waals surface area contributed by atoms with Crippen molar-refractivity contribution in [3.8, 4) is 6.07 Å². The Morgan fingerprint density at radius 3 is 3.00 bits per heavy atom. The largest absolute Gasteiger partial charge is 0.339 e. The van der Waals surface area contributed by atoms with Gasteiger partial charge in [-0.2, -0.15) is 5.26 Å². The minimum atomic E-state index is -0.233. The molecule has 0 aliphatic carbocycles. The number of halogens is 1. The zero-order valence-electron chi connectivity index (χ0n) is 6.75. The van der Waals surface area contributed by atoms with Crippen LogP contribution in [0.3, 0.4) is 0 Å². The molecule has 1 N–H and O–H groups in total. The van der Waals surface area contributed by atoms with Gasteiger partial charge in [-0.15, -0.1) is 0 Å². The van der Waals surface area contributed by atoms with E-state index < -0.39 is 0 Å². The summed E-state index contributed by atoms with van der Waals surface area (Å²) < 4.78 is 0.845. The molecule has 66 valence electrons. The summed E-state index contributed by atoms with van der Waals surface area (Å²) in [6.45, 7) is 0.0331. The molecule has 0 aliphatic rings. The van der Waals surface area contributed by atoms with Crippen molar-refractivity contribution in [1.82, 2.24) is 5.32 Å². The normalized spacial score (nSPS) is 8.92. The summed E-state index contributed by atoms with van der Waals surface area (Å²) in [5.41, 5.74) is 0.546. The number of benzene rings is 1. The molecule has 0 heterocycles. The van der Waals surface area contributed by atoms with Gasteiger partial charge in [-0.05, 0) is 18.2 Å². The Labute approximate surface area is 84.5 Å². The number of hydrogen-bond donors (Lipinski definition) is 1. The van der Waals surface area contributed by atoms with Crippen molar-refractivity contribution in [2.45, 2.75) is 0 Å². The van der Waals surface area contributed by atoms with E-state index >= 15 is 0 Å². The minimum Gasteiger partial charge on any atom is -0.339 e. The van der Waals surface area contributed by atoms with Gasteiger partial charge in [-0.25, -0.2) is 0 Å². The van der Waals surface area contributed by atoms with Crippen LogP contribution in [0.2, 0.25) is 0 Å². The molecule has 1 aromatic carbocycles. The Kier molecular flexibility index (Phi) is 3.47. The quantitative estimate of drug-likeness (QED) is 0.798. The predicted molar refractivity (Wildman–Crippen MR) is 52.1 cm³/mol. The van der Waals surface area contributed by atoms with Gasteiger partial charge in [-0.3, -0.25) is 4.79 Å². The second-order valence-electron chi connectivity index (χ2n) is 2.35. The minimum absolute atomic E-state index is 0.0331. The summed E-state index contributed by atoms with van der Waals surface area (Å²) in [4.78, 5) is 11.3. The van der Waals surface area contributed by atoms with Crippen molar-refractivity contribution in [1.29, 1.82) is 5.26 Å². The van der Waals surface area contributed by atoms with Crippen molar-refractivity contribution in [3.05, 3.63) is 34.3 Å². The highest BCUT2D eigenvalue weighted by Gasteiger charge is 2.03. The number of hydrogen-bond acceptors (Lipinski definition) is 2. The zero-order chi connectivity index (χ0) is 9.68. The van der Waals surface area contributed by atoms with E-state index in [4.69, 9.17) is 5.26 Å². The van der Waals surface area contributed by atoms with E-state index in [2.05, 4.69) is 21.2 Å². The molecule has 0 bridgehead atoms. The Hall–Kier alpha value is -1.34. The monoisotopic (exact) mass is 238 g/mol. The summed E-state index contributed by atoms with van der Waals surface area (Å²) in [7, 11) is 0. The van der Waals surface area contributed by atoms with Crippen LogP contribution in [0.25, 0.3) is 0 Å². The molecule has 1 aromatic rings. The molecule has 0 atom stereocenters. The van der Waals surface area contributed by atoms with Crippen LogP contribution in [0.5, 0.6) is 0 Å². The fraction of sp³-hybridized carbons (Fsp3) is 0.111. The van der Waals surface area contributed by atoms with E-state index in [0.717, 1.165) is 4.47 Å². The summed E-state index contributed by atoms with van der Waals surface area (Å²) in [6.07, 6.45) is 0. The van der Waals surface area contributed by atoms with Crippen LogP contribution >= 0.6 is 15.9 Å².